The van der Waals surface area contributed by atoms with E-state index in [1.54, 1.807) is 67.6 Å². The number of benzene rings is 3. The summed E-state index contributed by atoms with van der Waals surface area (Å²) in [4.78, 5) is 0.101. The fourth-order valence-electron chi connectivity index (χ4n) is 3.75. The van der Waals surface area contributed by atoms with E-state index in [9.17, 15) is 21.2 Å². The third-order valence-corrected chi connectivity index (χ3v) is 7.72. The zero-order valence-electron chi connectivity index (χ0n) is 17.9. The zero-order chi connectivity index (χ0) is 23.8. The molecule has 0 unspecified atom stereocenters. The van der Waals surface area contributed by atoms with E-state index in [4.69, 9.17) is 0 Å². The van der Waals surface area contributed by atoms with E-state index in [0.717, 1.165) is 10.7 Å². The van der Waals surface area contributed by atoms with Crippen LogP contribution >= 0.6 is 0 Å². The molecule has 0 amide bonds. The summed E-state index contributed by atoms with van der Waals surface area (Å²) in [6, 6.07) is 18.2. The Morgan fingerprint density at radius 2 is 1.58 bits per heavy atom. The van der Waals surface area contributed by atoms with Crippen molar-refractivity contribution in [3.05, 3.63) is 95.3 Å². The number of aryl methyl sites for hydroxylation is 1. The first-order valence-corrected chi connectivity index (χ1v) is 13.4. The third kappa shape index (κ3) is 4.76. The minimum Gasteiger partial charge on any atom is -0.284 e. The molecule has 1 N–H and O–H groups in total. The molecule has 0 aliphatic carbocycles. The molecular formula is C23H22FN3O4S2. The van der Waals surface area contributed by atoms with Gasteiger partial charge in [0, 0.05) is 17.7 Å². The second-order valence-electron chi connectivity index (χ2n) is 7.78. The van der Waals surface area contributed by atoms with Crippen LogP contribution in [0.4, 0.5) is 10.1 Å². The molecule has 1 heterocycles. The molecule has 1 atom stereocenters. The Bertz CT molecular complexity index is 1440. The maximum atomic E-state index is 14.7. The zero-order valence-corrected chi connectivity index (χ0v) is 19.6. The van der Waals surface area contributed by atoms with Crippen LogP contribution in [0.5, 0.6) is 0 Å². The fourth-order valence-corrected chi connectivity index (χ4v) is 5.97. The van der Waals surface area contributed by atoms with Crippen molar-refractivity contribution in [3.8, 4) is 0 Å². The first-order chi connectivity index (χ1) is 15.6. The van der Waals surface area contributed by atoms with Crippen molar-refractivity contribution >= 4 is 31.4 Å². The van der Waals surface area contributed by atoms with Gasteiger partial charge in [-0.1, -0.05) is 48.5 Å². The second kappa shape index (κ2) is 8.60. The lowest BCUT2D eigenvalue weighted by molar-refractivity contribution is 0.362. The smallest absolute Gasteiger partial charge is 0.279 e. The SMILES string of the molecule is Cc1ccccc1S(=O)(=O)N1N=C(c2ccc(NS(C)(=O)=O)cc2)C[C@@H]1c1ccccc1F. The van der Waals surface area contributed by atoms with Gasteiger partial charge in [-0.3, -0.25) is 4.72 Å². The van der Waals surface area contributed by atoms with Crippen LogP contribution < -0.4 is 4.72 Å². The average Bonchev–Trinajstić information content (AvgIpc) is 3.20. The van der Waals surface area contributed by atoms with Crippen LogP contribution in [-0.2, 0) is 20.0 Å². The van der Waals surface area contributed by atoms with Gasteiger partial charge < -0.3 is 0 Å². The van der Waals surface area contributed by atoms with Crippen LogP contribution in [0.3, 0.4) is 0 Å². The van der Waals surface area contributed by atoms with Crippen LogP contribution in [0, 0.1) is 12.7 Å². The van der Waals surface area contributed by atoms with Crippen molar-refractivity contribution in [3.63, 3.8) is 0 Å². The number of rotatable bonds is 6. The van der Waals surface area contributed by atoms with Gasteiger partial charge in [0.1, 0.15) is 5.82 Å². The van der Waals surface area contributed by atoms with Crippen LogP contribution in [0.25, 0.3) is 0 Å². The summed E-state index contributed by atoms with van der Waals surface area (Å²) in [5, 5.41) is 4.41. The molecule has 1 aliphatic rings. The molecule has 0 spiro atoms. The maximum absolute atomic E-state index is 14.7. The Morgan fingerprint density at radius 3 is 2.21 bits per heavy atom. The number of hydrogen-bond acceptors (Lipinski definition) is 5. The summed E-state index contributed by atoms with van der Waals surface area (Å²) < 4.78 is 68.0. The molecule has 0 saturated heterocycles. The van der Waals surface area contributed by atoms with Crippen LogP contribution in [0.15, 0.2) is 82.8 Å². The highest BCUT2D eigenvalue weighted by Crippen LogP contribution is 2.38. The van der Waals surface area contributed by atoms with Gasteiger partial charge in [-0.15, -0.1) is 0 Å². The van der Waals surface area contributed by atoms with E-state index in [1.807, 2.05) is 0 Å². The van der Waals surface area contributed by atoms with Gasteiger partial charge in [0.15, 0.2) is 0 Å². The molecule has 0 aromatic heterocycles. The predicted octanol–water partition coefficient (Wildman–Crippen LogP) is 4.05. The van der Waals surface area contributed by atoms with E-state index in [0.29, 0.717) is 22.5 Å². The first kappa shape index (κ1) is 22.9. The Labute approximate surface area is 192 Å². The van der Waals surface area contributed by atoms with Gasteiger partial charge in [0.05, 0.1) is 22.9 Å². The summed E-state index contributed by atoms with van der Waals surface area (Å²) in [6.45, 7) is 1.69. The maximum Gasteiger partial charge on any atom is 0.279 e. The van der Waals surface area contributed by atoms with Crippen LogP contribution in [0.2, 0.25) is 0 Å². The number of hydrazone groups is 1. The van der Waals surface area contributed by atoms with E-state index in [-0.39, 0.29) is 16.9 Å². The lowest BCUT2D eigenvalue weighted by Crippen LogP contribution is -2.28. The topological polar surface area (TPSA) is 95.9 Å². The van der Waals surface area contributed by atoms with Crippen molar-refractivity contribution in [2.75, 3.05) is 11.0 Å². The fraction of sp³-hybridized carbons (Fsp3) is 0.174. The monoisotopic (exact) mass is 487 g/mol. The molecule has 3 aromatic rings. The van der Waals surface area contributed by atoms with Crippen molar-refractivity contribution in [2.45, 2.75) is 24.3 Å². The highest BCUT2D eigenvalue weighted by Gasteiger charge is 2.39. The molecule has 33 heavy (non-hydrogen) atoms. The van der Waals surface area contributed by atoms with Crippen LogP contribution in [0.1, 0.15) is 29.2 Å². The molecular weight excluding hydrogens is 465 g/mol. The van der Waals surface area contributed by atoms with E-state index in [2.05, 4.69) is 9.82 Å². The number of anilines is 1. The Balaban J connectivity index is 1.77. The molecule has 0 saturated carbocycles. The number of nitrogens with one attached hydrogen (secondary N) is 1. The Morgan fingerprint density at radius 1 is 0.939 bits per heavy atom. The summed E-state index contributed by atoms with van der Waals surface area (Å²) in [6.07, 6.45) is 1.21. The van der Waals surface area contributed by atoms with Crippen molar-refractivity contribution in [2.24, 2.45) is 5.10 Å². The molecule has 0 radical (unpaired) electrons. The molecule has 0 fully saturated rings. The molecule has 172 valence electrons. The van der Waals surface area contributed by atoms with Crippen molar-refractivity contribution < 1.29 is 21.2 Å². The minimum atomic E-state index is -4.07. The lowest BCUT2D eigenvalue weighted by atomic mass is 9.99. The summed E-state index contributed by atoms with van der Waals surface area (Å²) in [5.41, 5.74) is 2.22. The Kier molecular flexibility index (Phi) is 5.98. The van der Waals surface area contributed by atoms with Crippen molar-refractivity contribution in [1.82, 2.24) is 4.41 Å². The number of sulfonamides is 2. The molecule has 3 aromatic carbocycles. The minimum absolute atomic E-state index is 0.101. The summed E-state index contributed by atoms with van der Waals surface area (Å²) in [7, 11) is -7.50. The number of halogens is 1. The number of hydrogen-bond donors (Lipinski definition) is 1. The van der Waals surface area contributed by atoms with Gasteiger partial charge in [-0.2, -0.15) is 17.9 Å². The largest absolute Gasteiger partial charge is 0.284 e. The van der Waals surface area contributed by atoms with E-state index in [1.165, 1.54) is 12.1 Å². The molecule has 0 bridgehead atoms. The summed E-state index contributed by atoms with van der Waals surface area (Å²) >= 11 is 0. The first-order valence-electron chi connectivity index (χ1n) is 10.1. The highest BCUT2D eigenvalue weighted by molar-refractivity contribution is 7.92. The van der Waals surface area contributed by atoms with Gasteiger partial charge in [-0.25, -0.2) is 12.8 Å². The third-order valence-electron chi connectivity index (χ3n) is 5.28. The standard InChI is InChI=1S/C23H22FN3O4S2/c1-16-7-3-6-10-23(16)33(30,31)27-22(19-8-4-5-9-20(19)24)15-21(25-27)17-11-13-18(14-12-17)26-32(2,28)29/h3-14,22,26H,15H2,1-2H3/t22-/m1/s1. The summed E-state index contributed by atoms with van der Waals surface area (Å²) in [5.74, 6) is -0.517. The normalized spacial score (nSPS) is 16.5. The molecule has 7 nitrogen and oxygen atoms in total. The molecule has 10 heteroatoms. The molecule has 1 aliphatic heterocycles. The average molecular weight is 488 g/mol. The molecule has 4 rings (SSSR count). The van der Waals surface area contributed by atoms with E-state index >= 15 is 0 Å². The number of nitrogens with zero attached hydrogens (tertiary/aromatic N) is 2. The van der Waals surface area contributed by atoms with Gasteiger partial charge in [0.25, 0.3) is 10.0 Å². The highest BCUT2D eigenvalue weighted by atomic mass is 32.2. The van der Waals surface area contributed by atoms with Gasteiger partial charge >= 0.3 is 0 Å². The van der Waals surface area contributed by atoms with E-state index < -0.39 is 31.9 Å². The second-order valence-corrected chi connectivity index (χ2v) is 11.3. The Hall–Kier alpha value is -3.24. The van der Waals surface area contributed by atoms with Gasteiger partial charge in [0.2, 0.25) is 10.0 Å². The lowest BCUT2D eigenvalue weighted by Gasteiger charge is -2.24. The van der Waals surface area contributed by atoms with Gasteiger partial charge in [-0.05, 0) is 42.3 Å². The van der Waals surface area contributed by atoms with Crippen molar-refractivity contribution in [1.29, 1.82) is 0 Å². The predicted molar refractivity (Wildman–Crippen MR) is 125 cm³/mol. The van der Waals surface area contributed by atoms with Crippen LogP contribution in [-0.4, -0.2) is 33.2 Å². The quantitative estimate of drug-likeness (QED) is 0.568.